The molecule has 138 valence electrons. The highest BCUT2D eigenvalue weighted by molar-refractivity contribution is 7.99. The fourth-order valence-corrected chi connectivity index (χ4v) is 4.29. The zero-order valence-electron chi connectivity index (χ0n) is 13.6. The van der Waals surface area contributed by atoms with Crippen molar-refractivity contribution in [3.8, 4) is 0 Å². The standard InChI is InChI=1S/C17H13F4NO2S2/c1-10-7-12-4-3-11(18)9-22(12)16(10)25-15-6-5-13(26(2,23)24)8-14(15)17(19,20)21/h3-9H,1-2H3. The van der Waals surface area contributed by atoms with Gasteiger partial charge in [-0.2, -0.15) is 13.2 Å². The van der Waals surface area contributed by atoms with Gasteiger partial charge in [0.1, 0.15) is 5.82 Å². The quantitative estimate of drug-likeness (QED) is 0.580. The first kappa shape index (κ1) is 18.8. The SMILES string of the molecule is Cc1cc2ccc(F)cn2c1Sc1ccc(S(C)(=O)=O)cc1C(F)(F)F. The summed E-state index contributed by atoms with van der Waals surface area (Å²) < 4.78 is 78.5. The Morgan fingerprint density at radius 1 is 1.08 bits per heavy atom. The van der Waals surface area contributed by atoms with Crippen LogP contribution in [-0.2, 0) is 16.0 Å². The number of benzene rings is 1. The van der Waals surface area contributed by atoms with Crippen LogP contribution in [0, 0.1) is 12.7 Å². The zero-order valence-corrected chi connectivity index (χ0v) is 15.3. The van der Waals surface area contributed by atoms with E-state index in [4.69, 9.17) is 0 Å². The molecule has 0 aliphatic rings. The summed E-state index contributed by atoms with van der Waals surface area (Å²) in [4.78, 5) is -0.561. The molecule has 0 spiro atoms. The molecule has 1 aromatic carbocycles. The van der Waals surface area contributed by atoms with E-state index in [0.29, 0.717) is 22.2 Å². The molecular weight excluding hydrogens is 390 g/mol. The van der Waals surface area contributed by atoms with Gasteiger partial charge in [-0.15, -0.1) is 0 Å². The minimum Gasteiger partial charge on any atom is -0.308 e. The smallest absolute Gasteiger partial charge is 0.308 e. The fourth-order valence-electron chi connectivity index (χ4n) is 2.54. The fraction of sp³-hybridized carbons (Fsp3) is 0.176. The molecular formula is C17H13F4NO2S2. The zero-order chi connectivity index (χ0) is 19.3. The molecule has 0 radical (unpaired) electrons. The number of alkyl halides is 3. The van der Waals surface area contributed by atoms with Crippen molar-refractivity contribution in [3.63, 3.8) is 0 Å². The third-order valence-corrected chi connectivity index (χ3v) is 6.15. The number of aryl methyl sites for hydroxylation is 1. The molecule has 9 heteroatoms. The lowest BCUT2D eigenvalue weighted by molar-refractivity contribution is -0.139. The van der Waals surface area contributed by atoms with E-state index in [1.165, 1.54) is 22.7 Å². The monoisotopic (exact) mass is 403 g/mol. The number of fused-ring (bicyclic) bond motifs is 1. The number of pyridine rings is 1. The molecule has 0 aliphatic heterocycles. The molecule has 0 N–H and O–H groups in total. The summed E-state index contributed by atoms with van der Waals surface area (Å²) >= 11 is 0.813. The molecule has 0 bridgehead atoms. The topological polar surface area (TPSA) is 38.5 Å². The molecule has 0 saturated heterocycles. The lowest BCUT2D eigenvalue weighted by atomic mass is 10.2. The molecule has 3 rings (SSSR count). The molecule has 0 unspecified atom stereocenters. The normalized spacial score (nSPS) is 12.7. The second kappa shape index (κ2) is 6.31. The van der Waals surface area contributed by atoms with E-state index in [2.05, 4.69) is 0 Å². The number of sulfone groups is 1. The van der Waals surface area contributed by atoms with Crippen LogP contribution in [0.2, 0.25) is 0 Å². The van der Waals surface area contributed by atoms with E-state index in [1.54, 1.807) is 13.0 Å². The second-order valence-corrected chi connectivity index (χ2v) is 8.85. The van der Waals surface area contributed by atoms with Crippen LogP contribution in [0.3, 0.4) is 0 Å². The number of halogens is 4. The molecule has 0 saturated carbocycles. The molecule has 3 nitrogen and oxygen atoms in total. The maximum Gasteiger partial charge on any atom is 0.417 e. The van der Waals surface area contributed by atoms with Crippen LogP contribution in [0.25, 0.3) is 5.52 Å². The molecule has 26 heavy (non-hydrogen) atoms. The van der Waals surface area contributed by atoms with Crippen LogP contribution in [0.15, 0.2) is 57.4 Å². The van der Waals surface area contributed by atoms with E-state index >= 15 is 0 Å². The highest BCUT2D eigenvalue weighted by Crippen LogP contribution is 2.42. The first-order valence-corrected chi connectivity index (χ1v) is 10.0. The van der Waals surface area contributed by atoms with Crippen LogP contribution < -0.4 is 0 Å². The molecule has 0 amide bonds. The third-order valence-electron chi connectivity index (χ3n) is 3.76. The largest absolute Gasteiger partial charge is 0.417 e. The summed E-state index contributed by atoms with van der Waals surface area (Å²) in [5, 5.41) is 0.428. The Labute approximate surface area is 151 Å². The summed E-state index contributed by atoms with van der Waals surface area (Å²) in [6.45, 7) is 1.71. The van der Waals surface area contributed by atoms with Gasteiger partial charge < -0.3 is 4.40 Å². The number of rotatable bonds is 3. The van der Waals surface area contributed by atoms with Crippen LogP contribution in [0.1, 0.15) is 11.1 Å². The first-order valence-electron chi connectivity index (χ1n) is 7.33. The van der Waals surface area contributed by atoms with Gasteiger partial charge in [-0.25, -0.2) is 12.8 Å². The predicted molar refractivity (Wildman–Crippen MR) is 90.8 cm³/mol. The summed E-state index contributed by atoms with van der Waals surface area (Å²) in [6, 6.07) is 7.43. The Bertz CT molecular complexity index is 1100. The first-order chi connectivity index (χ1) is 12.0. The van der Waals surface area contributed by atoms with Gasteiger partial charge in [0.2, 0.25) is 0 Å². The van der Waals surface area contributed by atoms with E-state index in [-0.39, 0.29) is 4.90 Å². The highest BCUT2D eigenvalue weighted by Gasteiger charge is 2.35. The minimum absolute atomic E-state index is 0.155. The minimum atomic E-state index is -4.73. The van der Waals surface area contributed by atoms with Crippen LogP contribution >= 0.6 is 11.8 Å². The van der Waals surface area contributed by atoms with E-state index < -0.39 is 32.3 Å². The van der Waals surface area contributed by atoms with Gasteiger partial charge in [0.15, 0.2) is 9.84 Å². The number of nitrogens with zero attached hydrogens (tertiary/aromatic N) is 1. The number of hydrogen-bond acceptors (Lipinski definition) is 3. The Kier molecular flexibility index (Phi) is 4.56. The molecule has 2 aromatic heterocycles. The van der Waals surface area contributed by atoms with Gasteiger partial charge >= 0.3 is 6.18 Å². The number of hydrogen-bond donors (Lipinski definition) is 0. The van der Waals surface area contributed by atoms with Crippen molar-refractivity contribution in [3.05, 3.63) is 59.5 Å². The van der Waals surface area contributed by atoms with E-state index in [9.17, 15) is 26.0 Å². The second-order valence-electron chi connectivity index (χ2n) is 5.80. The van der Waals surface area contributed by atoms with E-state index in [1.807, 2.05) is 0 Å². The predicted octanol–water partition coefficient (Wildman–Crippen LogP) is 4.96. The maximum atomic E-state index is 13.5. The Morgan fingerprint density at radius 2 is 1.77 bits per heavy atom. The van der Waals surface area contributed by atoms with Crippen molar-refractivity contribution < 1.29 is 26.0 Å². The highest BCUT2D eigenvalue weighted by atomic mass is 32.2. The van der Waals surface area contributed by atoms with E-state index in [0.717, 1.165) is 30.2 Å². The van der Waals surface area contributed by atoms with Gasteiger partial charge in [-0.1, -0.05) is 11.8 Å². The van der Waals surface area contributed by atoms with Crippen molar-refractivity contribution in [2.45, 2.75) is 27.9 Å². The van der Waals surface area contributed by atoms with Crippen molar-refractivity contribution in [1.29, 1.82) is 0 Å². The molecule has 0 fully saturated rings. The van der Waals surface area contributed by atoms with Crippen molar-refractivity contribution in [2.75, 3.05) is 6.26 Å². The average Bonchev–Trinajstić information content (AvgIpc) is 2.81. The van der Waals surface area contributed by atoms with Gasteiger partial charge in [-0.3, -0.25) is 0 Å². The van der Waals surface area contributed by atoms with Crippen LogP contribution in [0.4, 0.5) is 17.6 Å². The molecule has 2 heterocycles. The van der Waals surface area contributed by atoms with Gasteiger partial charge in [-0.05, 0) is 48.9 Å². The number of aromatic nitrogens is 1. The summed E-state index contributed by atoms with van der Waals surface area (Å²) in [7, 11) is -3.78. The van der Waals surface area contributed by atoms with Crippen molar-refractivity contribution in [2.24, 2.45) is 0 Å². The van der Waals surface area contributed by atoms with Gasteiger partial charge in [0, 0.05) is 22.9 Å². The molecule has 0 atom stereocenters. The Hall–Kier alpha value is -2.00. The van der Waals surface area contributed by atoms with Crippen molar-refractivity contribution in [1.82, 2.24) is 4.40 Å². The summed E-state index contributed by atoms with van der Waals surface area (Å²) in [6.07, 6.45) is -2.68. The van der Waals surface area contributed by atoms with Crippen LogP contribution in [-0.4, -0.2) is 19.1 Å². The van der Waals surface area contributed by atoms with Gasteiger partial charge in [0.05, 0.1) is 15.5 Å². The lowest BCUT2D eigenvalue weighted by Gasteiger charge is -2.14. The lowest BCUT2D eigenvalue weighted by Crippen LogP contribution is -2.09. The summed E-state index contributed by atoms with van der Waals surface area (Å²) in [5.74, 6) is -0.515. The third kappa shape index (κ3) is 3.59. The average molecular weight is 403 g/mol. The Morgan fingerprint density at radius 3 is 2.38 bits per heavy atom. The molecule has 0 aliphatic carbocycles. The summed E-state index contributed by atoms with van der Waals surface area (Å²) in [5.41, 5.74) is 0.282. The van der Waals surface area contributed by atoms with Crippen molar-refractivity contribution >= 4 is 27.1 Å². The maximum absolute atomic E-state index is 13.5. The molecule has 3 aromatic rings. The Balaban J connectivity index is 2.17. The van der Waals surface area contributed by atoms with Gasteiger partial charge in [0.25, 0.3) is 0 Å². The van der Waals surface area contributed by atoms with Crippen LogP contribution in [0.5, 0.6) is 0 Å².